The first-order chi connectivity index (χ1) is 20.3. The van der Waals surface area contributed by atoms with Gasteiger partial charge in [0.1, 0.15) is 6.15 Å². The summed E-state index contributed by atoms with van der Waals surface area (Å²) < 4.78 is 170. The first-order valence-electron chi connectivity index (χ1n) is 12.0. The Kier molecular flexibility index (Phi) is 8.93. The van der Waals surface area contributed by atoms with Gasteiger partial charge in [-0.1, -0.05) is 84.9 Å². The van der Waals surface area contributed by atoms with Crippen molar-refractivity contribution in [1.29, 1.82) is 0 Å². The zero-order chi connectivity index (χ0) is 31.6. The lowest BCUT2D eigenvalue weighted by atomic mass is 9.13. The van der Waals surface area contributed by atoms with Gasteiger partial charge in [0.2, 0.25) is 0 Å². The fraction of sp³-hybridized carbons (Fsp3) is 0. The number of hydrogen-bond donors (Lipinski definition) is 0. The van der Waals surface area contributed by atoms with E-state index in [0.29, 0.717) is 0 Å². The van der Waals surface area contributed by atoms with Crippen LogP contribution in [0.5, 0.6) is 0 Å². The molecule has 0 unspecified atom stereocenters. The topological polar surface area (TPSA) is 0 Å². The van der Waals surface area contributed by atoms with Crippen molar-refractivity contribution >= 4 is 28.0 Å². The molecule has 0 aliphatic heterocycles. The third kappa shape index (κ3) is 5.84. The summed E-state index contributed by atoms with van der Waals surface area (Å²) >= 11 is 0. The molecule has 0 bridgehead atoms. The van der Waals surface area contributed by atoms with Gasteiger partial charge in [0.25, 0.3) is 0 Å². The third-order valence-electron chi connectivity index (χ3n) is 6.69. The Morgan fingerprint density at radius 3 is 0.535 bits per heavy atom. The average Bonchev–Trinajstić information content (AvgIpc) is 2.97. The predicted octanol–water partition coefficient (Wildman–Crippen LogP) is 6.42. The van der Waals surface area contributed by atoms with Crippen molar-refractivity contribution in [2.45, 2.75) is 0 Å². The fourth-order valence-electron chi connectivity index (χ4n) is 4.84. The van der Waals surface area contributed by atoms with Crippen LogP contribution in [0.1, 0.15) is 0 Å². The van der Waals surface area contributed by atoms with Gasteiger partial charge in [-0.15, -0.1) is 0 Å². The van der Waals surface area contributed by atoms with E-state index >= 15 is 0 Å². The van der Waals surface area contributed by atoms with Crippen LogP contribution in [0.25, 0.3) is 0 Å². The molecule has 5 aromatic carbocycles. The molecule has 0 N–H and O–H groups in total. The zero-order valence-electron chi connectivity index (χ0n) is 21.2. The minimum atomic E-state index is -4.01. The summed E-state index contributed by atoms with van der Waals surface area (Å²) in [7, 11) is 0. The number of hydrogen-bond acceptors (Lipinski definition) is 0. The van der Waals surface area contributed by atoms with Crippen molar-refractivity contribution in [3.8, 4) is 0 Å². The largest absolute Gasteiger partial charge is 0.204 e. The summed E-state index contributed by atoms with van der Waals surface area (Å²) in [6.45, 7) is 0. The number of rotatable bonds is 4. The quantitative estimate of drug-likeness (QED) is 0.125. The highest BCUT2D eigenvalue weighted by Gasteiger charge is 2.37. The Labute approximate surface area is 235 Å². The van der Waals surface area contributed by atoms with Crippen LogP contribution >= 0.6 is 0 Å². The van der Waals surface area contributed by atoms with Crippen molar-refractivity contribution in [2.75, 3.05) is 0 Å². The van der Waals surface area contributed by atoms with Crippen LogP contribution in [0.3, 0.4) is 0 Å². The van der Waals surface area contributed by atoms with E-state index in [4.69, 9.17) is 0 Å². The average molecular weight is 613 g/mol. The summed E-state index contributed by atoms with van der Waals surface area (Å²) in [6, 6.07) is 13.4. The normalized spacial score (nSPS) is 11.3. The number of halogens is 12. The molecule has 5 rings (SSSR count). The third-order valence-corrected chi connectivity index (χ3v) is 6.69. The lowest BCUT2D eigenvalue weighted by molar-refractivity contribution is 0.447. The van der Waals surface area contributed by atoms with Gasteiger partial charge in [-0.05, 0) is 0 Å². The van der Waals surface area contributed by atoms with E-state index < -0.39 is 97.8 Å². The minimum absolute atomic E-state index is 0.177. The first-order valence-corrected chi connectivity index (χ1v) is 12.0. The van der Waals surface area contributed by atoms with Crippen LogP contribution < -0.4 is 21.9 Å². The van der Waals surface area contributed by atoms with Gasteiger partial charge in [0.15, 0.2) is 69.8 Å². The maximum atomic E-state index is 14.4. The molecule has 0 saturated carbocycles. The molecule has 0 fully saturated rings. The van der Waals surface area contributed by atoms with Crippen LogP contribution in [0, 0.1) is 69.8 Å². The first kappa shape index (κ1) is 31.3. The van der Waals surface area contributed by atoms with E-state index in [1.807, 2.05) is 36.4 Å². The van der Waals surface area contributed by atoms with E-state index in [1.54, 1.807) is 0 Å². The highest BCUT2D eigenvalue weighted by molar-refractivity contribution is 7.19. The van der Waals surface area contributed by atoms with Gasteiger partial charge in [0, 0.05) is 0 Å². The molecule has 43 heavy (non-hydrogen) atoms. The molecule has 13 heteroatoms. The lowest BCUT2D eigenvalue weighted by Gasteiger charge is -2.44. The summed E-state index contributed by atoms with van der Waals surface area (Å²) in [5.41, 5.74) is -3.79. The van der Waals surface area contributed by atoms with Crippen LogP contribution in [-0.2, 0) is 0 Å². The van der Waals surface area contributed by atoms with Gasteiger partial charge in [-0.3, -0.25) is 0 Å². The summed E-state index contributed by atoms with van der Waals surface area (Å²) in [5, 5.41) is 0. The highest BCUT2D eigenvalue weighted by atomic mass is 19.2. The molecule has 0 atom stereocenters. The zero-order valence-corrected chi connectivity index (χ0v) is 21.2. The molecular weight excluding hydrogens is 599 g/mol. The van der Waals surface area contributed by atoms with Crippen molar-refractivity contribution in [2.24, 2.45) is 0 Å². The molecule has 5 aromatic rings. The summed E-state index contributed by atoms with van der Waals surface area (Å²) in [5.74, 6) is -24.0. The molecule has 0 nitrogen and oxygen atoms in total. The molecule has 0 amide bonds. The lowest BCUT2D eigenvalue weighted by Crippen LogP contribution is -2.75. The molecule has 0 aliphatic rings. The SMILES string of the molecule is Fc1cc([B-](c2cc(F)c(F)c(F)c2)(c2cc(F)c(F)c(F)c2)c2cc(F)c(F)c(F)c2)cc(F)c1F.c1ccccc1. The highest BCUT2D eigenvalue weighted by Crippen LogP contribution is 2.21. The summed E-state index contributed by atoms with van der Waals surface area (Å²) in [4.78, 5) is 0. The predicted molar refractivity (Wildman–Crippen MR) is 136 cm³/mol. The second-order valence-electron chi connectivity index (χ2n) is 9.21. The molecule has 0 heterocycles. The van der Waals surface area contributed by atoms with Crippen LogP contribution in [0.4, 0.5) is 52.7 Å². The van der Waals surface area contributed by atoms with E-state index in [2.05, 4.69) is 0 Å². The van der Waals surface area contributed by atoms with Gasteiger partial charge in [-0.2, -0.15) is 21.9 Å². The fourth-order valence-corrected chi connectivity index (χ4v) is 4.84. The molecular formula is C30H14BF12-. The standard InChI is InChI=1S/C24H8BF12.C6H6/c26-13-1-9(2-14(27)21(13)34)25(10-3-15(28)22(35)16(29)4-10,11-5-17(30)23(36)18(31)6-11)12-7-19(32)24(37)20(33)8-12;1-2-4-6-5-3-1/h1-8H;1-6H/q-1;. The maximum Gasteiger partial charge on any atom is 0.194 e. The van der Waals surface area contributed by atoms with Gasteiger partial charge in [-0.25, -0.2) is 52.7 Å². The Morgan fingerprint density at radius 1 is 0.256 bits per heavy atom. The smallest absolute Gasteiger partial charge is 0.194 e. The Hall–Kier alpha value is -4.68. The summed E-state index contributed by atoms with van der Waals surface area (Å²) in [6.07, 6.45) is -4.01. The van der Waals surface area contributed by atoms with Crippen LogP contribution in [0.2, 0.25) is 0 Å². The second-order valence-corrected chi connectivity index (χ2v) is 9.21. The van der Waals surface area contributed by atoms with Crippen molar-refractivity contribution in [3.05, 3.63) is 155 Å². The molecule has 0 spiro atoms. The molecule has 0 radical (unpaired) electrons. The van der Waals surface area contributed by atoms with E-state index in [0.717, 1.165) is 0 Å². The monoisotopic (exact) mass is 613 g/mol. The van der Waals surface area contributed by atoms with Crippen molar-refractivity contribution in [3.63, 3.8) is 0 Å². The van der Waals surface area contributed by atoms with Gasteiger partial charge < -0.3 is 0 Å². The Bertz CT molecular complexity index is 1450. The van der Waals surface area contributed by atoms with Crippen molar-refractivity contribution in [1.82, 2.24) is 0 Å². The van der Waals surface area contributed by atoms with Gasteiger partial charge in [0.05, 0.1) is 0 Å². The Morgan fingerprint density at radius 2 is 0.395 bits per heavy atom. The molecule has 222 valence electrons. The minimum Gasteiger partial charge on any atom is -0.204 e. The molecule has 0 aliphatic carbocycles. The van der Waals surface area contributed by atoms with Crippen LogP contribution in [0.15, 0.2) is 84.9 Å². The molecule has 0 aromatic heterocycles. The Balaban J connectivity index is 0.000000628. The van der Waals surface area contributed by atoms with E-state index in [1.165, 1.54) is 0 Å². The molecule has 0 saturated heterocycles. The van der Waals surface area contributed by atoms with E-state index in [-0.39, 0.29) is 48.5 Å². The van der Waals surface area contributed by atoms with Crippen molar-refractivity contribution < 1.29 is 52.7 Å². The maximum absolute atomic E-state index is 14.4. The van der Waals surface area contributed by atoms with Crippen LogP contribution in [-0.4, -0.2) is 6.15 Å². The number of benzene rings is 5. The van der Waals surface area contributed by atoms with Gasteiger partial charge >= 0.3 is 0 Å². The second kappa shape index (κ2) is 12.3. The van der Waals surface area contributed by atoms with E-state index in [9.17, 15) is 52.7 Å².